The monoisotopic (exact) mass is 507 g/mol. The number of benzene rings is 3. The van der Waals surface area contributed by atoms with Gasteiger partial charge in [0.2, 0.25) is 0 Å². The van der Waals surface area contributed by atoms with Gasteiger partial charge in [0.25, 0.3) is 15.9 Å². The third kappa shape index (κ3) is 5.38. The van der Waals surface area contributed by atoms with Crippen molar-refractivity contribution in [1.29, 1.82) is 0 Å². The molecular weight excluding hydrogens is 478 g/mol. The third-order valence-electron chi connectivity index (χ3n) is 6.36. The summed E-state index contributed by atoms with van der Waals surface area (Å²) in [4.78, 5) is 15.6. The zero-order valence-electron chi connectivity index (χ0n) is 19.9. The zero-order chi connectivity index (χ0) is 25.0. The van der Waals surface area contributed by atoms with Crippen molar-refractivity contribution in [2.24, 2.45) is 0 Å². The molecule has 1 atom stereocenters. The predicted octanol–water partition coefficient (Wildman–Crippen LogP) is 2.79. The minimum atomic E-state index is -3.86. The Kier molecular flexibility index (Phi) is 7.22. The van der Waals surface area contributed by atoms with E-state index in [-0.39, 0.29) is 17.3 Å². The van der Waals surface area contributed by atoms with Crippen molar-refractivity contribution in [3.63, 3.8) is 0 Å². The number of carbonyl (C=O) groups excluding carboxylic acids is 1. The smallest absolute Gasteiger partial charge is 0.264 e. The van der Waals surface area contributed by atoms with Gasteiger partial charge in [0.05, 0.1) is 30.3 Å². The van der Waals surface area contributed by atoms with Crippen molar-refractivity contribution >= 4 is 21.6 Å². The number of rotatable bonds is 7. The molecule has 1 saturated heterocycles. The van der Waals surface area contributed by atoms with Gasteiger partial charge in [-0.05, 0) is 35.4 Å². The molecule has 0 radical (unpaired) electrons. The van der Waals surface area contributed by atoms with Crippen molar-refractivity contribution in [1.82, 2.24) is 10.2 Å². The van der Waals surface area contributed by atoms with E-state index in [1.165, 1.54) is 9.87 Å². The molecule has 9 heteroatoms. The Labute approximate surface area is 211 Å². The minimum Gasteiger partial charge on any atom is -0.476 e. The molecule has 0 aliphatic carbocycles. The number of nitrogens with zero attached hydrogens (tertiary/aromatic N) is 2. The summed E-state index contributed by atoms with van der Waals surface area (Å²) in [6.07, 6.45) is -0.973. The van der Waals surface area contributed by atoms with Crippen LogP contribution in [0.2, 0.25) is 0 Å². The van der Waals surface area contributed by atoms with Crippen LogP contribution in [0.25, 0.3) is 0 Å². The highest BCUT2D eigenvalue weighted by Gasteiger charge is 2.37. The van der Waals surface area contributed by atoms with Crippen LogP contribution in [0.1, 0.15) is 11.1 Å². The van der Waals surface area contributed by atoms with E-state index in [1.54, 1.807) is 54.6 Å². The van der Waals surface area contributed by atoms with Gasteiger partial charge in [-0.3, -0.25) is 14.0 Å². The number of morpholine rings is 1. The molecule has 2 heterocycles. The van der Waals surface area contributed by atoms with Crippen LogP contribution in [0.5, 0.6) is 5.75 Å². The van der Waals surface area contributed by atoms with Crippen molar-refractivity contribution in [2.45, 2.75) is 24.1 Å². The highest BCUT2D eigenvalue weighted by molar-refractivity contribution is 7.92. The maximum atomic E-state index is 13.4. The second-order valence-corrected chi connectivity index (χ2v) is 10.7. The molecular formula is C27H29N3O5S. The fourth-order valence-corrected chi connectivity index (χ4v) is 5.87. The lowest BCUT2D eigenvalue weighted by Crippen LogP contribution is -2.50. The summed E-state index contributed by atoms with van der Waals surface area (Å²) >= 11 is 0. The molecule has 0 spiro atoms. The molecule has 3 aromatic carbocycles. The lowest BCUT2D eigenvalue weighted by Gasteiger charge is -2.34. The number of anilines is 1. The lowest BCUT2D eigenvalue weighted by atomic mass is 10.1. The third-order valence-corrected chi connectivity index (χ3v) is 8.15. The Morgan fingerprint density at radius 1 is 0.889 bits per heavy atom. The van der Waals surface area contributed by atoms with Gasteiger partial charge < -0.3 is 14.8 Å². The Bertz CT molecular complexity index is 1290. The standard InChI is InChI=1S/C27H29N3O5S/c31-27(28-18-21-10-12-22(13-11-21)19-29-14-16-34-17-15-29)26-20-30(24-8-4-5-9-25(24)35-26)36(32,33)23-6-2-1-3-7-23/h1-13,26H,14-20H2,(H,28,31)/t26-/m1/s1. The van der Waals surface area contributed by atoms with Gasteiger partial charge in [-0.15, -0.1) is 0 Å². The molecule has 0 bridgehead atoms. The van der Waals surface area contributed by atoms with Gasteiger partial charge >= 0.3 is 0 Å². The summed E-state index contributed by atoms with van der Waals surface area (Å²) in [5.41, 5.74) is 2.58. The molecule has 2 aliphatic rings. The zero-order valence-corrected chi connectivity index (χ0v) is 20.7. The Morgan fingerprint density at radius 3 is 2.31 bits per heavy atom. The fraction of sp³-hybridized carbons (Fsp3) is 0.296. The van der Waals surface area contributed by atoms with Crippen molar-refractivity contribution in [3.8, 4) is 5.75 Å². The number of sulfonamides is 1. The number of hydrogen-bond donors (Lipinski definition) is 1. The molecule has 8 nitrogen and oxygen atoms in total. The van der Waals surface area contributed by atoms with E-state index < -0.39 is 16.1 Å². The average molecular weight is 508 g/mol. The van der Waals surface area contributed by atoms with Crippen LogP contribution in [0, 0.1) is 0 Å². The van der Waals surface area contributed by atoms with Crippen LogP contribution in [0.3, 0.4) is 0 Å². The summed E-state index contributed by atoms with van der Waals surface area (Å²) in [6, 6.07) is 23.2. The van der Waals surface area contributed by atoms with Crippen LogP contribution >= 0.6 is 0 Å². The van der Waals surface area contributed by atoms with Gasteiger partial charge in [-0.25, -0.2) is 8.42 Å². The van der Waals surface area contributed by atoms with Gasteiger partial charge in [0.1, 0.15) is 5.75 Å². The summed E-state index contributed by atoms with van der Waals surface area (Å²) in [5, 5.41) is 2.90. The predicted molar refractivity (Wildman–Crippen MR) is 136 cm³/mol. The molecule has 188 valence electrons. The van der Waals surface area contributed by atoms with Gasteiger partial charge in [-0.1, -0.05) is 54.6 Å². The highest BCUT2D eigenvalue weighted by atomic mass is 32.2. The Hall–Kier alpha value is -3.40. The first kappa shape index (κ1) is 24.3. The Balaban J connectivity index is 1.25. The van der Waals surface area contributed by atoms with Crippen molar-refractivity contribution in [3.05, 3.63) is 90.0 Å². The van der Waals surface area contributed by atoms with Crippen LogP contribution < -0.4 is 14.4 Å². The Morgan fingerprint density at radius 2 is 1.56 bits per heavy atom. The van der Waals surface area contributed by atoms with Crippen LogP contribution in [-0.4, -0.2) is 58.2 Å². The number of hydrogen-bond acceptors (Lipinski definition) is 6. The molecule has 36 heavy (non-hydrogen) atoms. The maximum absolute atomic E-state index is 13.4. The van der Waals surface area contributed by atoms with E-state index in [1.807, 2.05) is 12.1 Å². The number of carbonyl (C=O) groups is 1. The molecule has 0 unspecified atom stereocenters. The topological polar surface area (TPSA) is 88.2 Å². The number of amides is 1. The largest absolute Gasteiger partial charge is 0.476 e. The molecule has 1 amide bonds. The normalized spacial score (nSPS) is 18.2. The minimum absolute atomic E-state index is 0.113. The van der Waals surface area contributed by atoms with Crippen molar-refractivity contribution in [2.75, 3.05) is 37.2 Å². The molecule has 1 fully saturated rings. The maximum Gasteiger partial charge on any atom is 0.264 e. The number of fused-ring (bicyclic) bond motifs is 1. The number of para-hydroxylation sites is 2. The number of nitrogens with one attached hydrogen (secondary N) is 1. The number of ether oxygens (including phenoxy) is 2. The molecule has 0 saturated carbocycles. The van der Waals surface area contributed by atoms with Crippen molar-refractivity contribution < 1.29 is 22.7 Å². The summed E-state index contributed by atoms with van der Waals surface area (Å²) in [6.45, 7) is 4.47. The van der Waals surface area contributed by atoms with Crippen LogP contribution in [-0.2, 0) is 32.6 Å². The van der Waals surface area contributed by atoms with Gasteiger partial charge in [0, 0.05) is 26.2 Å². The summed E-state index contributed by atoms with van der Waals surface area (Å²) in [7, 11) is -3.86. The second-order valence-electron chi connectivity index (χ2n) is 8.85. The van der Waals surface area contributed by atoms with Gasteiger partial charge in [0.15, 0.2) is 6.10 Å². The van der Waals surface area contributed by atoms with Crippen LogP contribution in [0.4, 0.5) is 5.69 Å². The molecule has 1 N–H and O–H groups in total. The fourth-order valence-electron chi connectivity index (χ4n) is 4.37. The van der Waals surface area contributed by atoms with E-state index in [0.717, 1.165) is 38.4 Å². The lowest BCUT2D eigenvalue weighted by molar-refractivity contribution is -0.127. The highest BCUT2D eigenvalue weighted by Crippen LogP contribution is 2.36. The molecule has 3 aromatic rings. The SMILES string of the molecule is O=C(NCc1ccc(CN2CCOCC2)cc1)[C@H]1CN(S(=O)(=O)c2ccccc2)c2ccccc2O1. The quantitative estimate of drug-likeness (QED) is 0.529. The summed E-state index contributed by atoms with van der Waals surface area (Å²) < 4.78 is 39.4. The van der Waals surface area contributed by atoms with E-state index in [4.69, 9.17) is 9.47 Å². The van der Waals surface area contributed by atoms with Gasteiger partial charge in [-0.2, -0.15) is 0 Å². The van der Waals surface area contributed by atoms with Crippen LogP contribution in [0.15, 0.2) is 83.8 Å². The molecule has 2 aliphatic heterocycles. The van der Waals surface area contributed by atoms with E-state index >= 15 is 0 Å². The first-order valence-corrected chi connectivity index (χ1v) is 13.4. The average Bonchev–Trinajstić information content (AvgIpc) is 2.93. The van der Waals surface area contributed by atoms with E-state index in [2.05, 4.69) is 22.3 Å². The summed E-state index contributed by atoms with van der Waals surface area (Å²) in [5.74, 6) is -0.00831. The second kappa shape index (κ2) is 10.7. The first-order valence-electron chi connectivity index (χ1n) is 12.0. The van der Waals surface area contributed by atoms with E-state index in [0.29, 0.717) is 18.0 Å². The molecule has 5 rings (SSSR count). The van der Waals surface area contributed by atoms with E-state index in [9.17, 15) is 13.2 Å². The first-order chi connectivity index (χ1) is 17.5. The molecule has 0 aromatic heterocycles.